The zero-order valence-electron chi connectivity index (χ0n) is 5.57. The Bertz CT molecular complexity index is 147. The lowest BCUT2D eigenvalue weighted by atomic mass is 10.7. The molecule has 0 saturated heterocycles. The Morgan fingerprint density at radius 2 is 2.09 bits per heavy atom. The van der Waals surface area contributed by atoms with E-state index >= 15 is 0 Å². The van der Waals surface area contributed by atoms with Crippen molar-refractivity contribution in [2.75, 3.05) is 13.2 Å². The number of nitrogens with two attached hydrogens (primary N) is 1. The van der Waals surface area contributed by atoms with Gasteiger partial charge in [-0.1, -0.05) is 0 Å². The standard InChI is InChI=1S/C4H8N2O5/c5-10-3(8)4(9)11-6-1-2-7/h6-7H,1-2,5H2. The lowest BCUT2D eigenvalue weighted by Gasteiger charge is -2.00. The van der Waals surface area contributed by atoms with E-state index in [0.29, 0.717) is 0 Å². The van der Waals surface area contributed by atoms with E-state index in [-0.39, 0.29) is 13.2 Å². The molecule has 64 valence electrons. The fourth-order valence-corrected chi connectivity index (χ4v) is 0.252. The smallest absolute Gasteiger partial charge is 0.395 e. The summed E-state index contributed by atoms with van der Waals surface area (Å²) in [7, 11) is 0. The van der Waals surface area contributed by atoms with E-state index in [9.17, 15) is 9.59 Å². The third kappa shape index (κ3) is 4.25. The van der Waals surface area contributed by atoms with E-state index < -0.39 is 11.9 Å². The summed E-state index contributed by atoms with van der Waals surface area (Å²) < 4.78 is 0. The van der Waals surface area contributed by atoms with Crippen LogP contribution >= 0.6 is 0 Å². The van der Waals surface area contributed by atoms with E-state index in [1.54, 1.807) is 0 Å². The van der Waals surface area contributed by atoms with Crippen LogP contribution in [-0.2, 0) is 19.3 Å². The number of aliphatic hydroxyl groups excluding tert-OH is 1. The number of aliphatic hydroxyl groups is 1. The van der Waals surface area contributed by atoms with Crippen molar-refractivity contribution in [1.29, 1.82) is 0 Å². The average Bonchev–Trinajstić information content (AvgIpc) is 2.03. The molecule has 0 atom stereocenters. The van der Waals surface area contributed by atoms with Crippen LogP contribution in [0.25, 0.3) is 0 Å². The van der Waals surface area contributed by atoms with Crippen LogP contribution in [0.5, 0.6) is 0 Å². The quantitative estimate of drug-likeness (QED) is 0.239. The van der Waals surface area contributed by atoms with Crippen molar-refractivity contribution in [3.8, 4) is 0 Å². The Kier molecular flexibility index (Phi) is 4.99. The molecule has 0 rings (SSSR count). The predicted molar refractivity (Wildman–Crippen MR) is 31.5 cm³/mol. The molecule has 7 nitrogen and oxygen atoms in total. The summed E-state index contributed by atoms with van der Waals surface area (Å²) in [4.78, 5) is 28.1. The molecular weight excluding hydrogens is 156 g/mol. The normalized spacial score (nSPS) is 8.91. The Hall–Kier alpha value is -1.18. The van der Waals surface area contributed by atoms with Crippen molar-refractivity contribution in [2.45, 2.75) is 0 Å². The lowest BCUT2D eigenvalue weighted by Crippen LogP contribution is -2.30. The molecule has 0 aliphatic carbocycles. The van der Waals surface area contributed by atoms with Crippen molar-refractivity contribution < 1.29 is 24.4 Å². The SMILES string of the molecule is NOC(=O)C(=O)ONCCO. The zero-order valence-corrected chi connectivity index (χ0v) is 5.57. The van der Waals surface area contributed by atoms with Gasteiger partial charge in [0.2, 0.25) is 0 Å². The molecule has 0 spiro atoms. The molecule has 0 unspecified atom stereocenters. The molecule has 0 amide bonds. The molecule has 0 aliphatic heterocycles. The minimum Gasteiger partial charge on any atom is -0.395 e. The largest absolute Gasteiger partial charge is 0.437 e. The predicted octanol–water partition coefficient (Wildman–Crippen LogP) is -2.56. The molecule has 0 heterocycles. The first-order valence-electron chi connectivity index (χ1n) is 2.68. The van der Waals surface area contributed by atoms with Crippen molar-refractivity contribution in [2.24, 2.45) is 5.90 Å². The molecule has 0 aromatic heterocycles. The highest BCUT2D eigenvalue weighted by Crippen LogP contribution is 1.75. The number of hydroxylamine groups is 1. The average molecular weight is 164 g/mol. The van der Waals surface area contributed by atoms with Gasteiger partial charge in [-0.25, -0.2) is 9.59 Å². The molecule has 0 aromatic rings. The summed E-state index contributed by atoms with van der Waals surface area (Å²) in [6.07, 6.45) is 0. The van der Waals surface area contributed by atoms with Gasteiger partial charge >= 0.3 is 11.9 Å². The fourth-order valence-electron chi connectivity index (χ4n) is 0.252. The first kappa shape index (κ1) is 9.82. The number of rotatable bonds is 3. The van der Waals surface area contributed by atoms with Gasteiger partial charge in [0, 0.05) is 0 Å². The van der Waals surface area contributed by atoms with Crippen LogP contribution in [0.1, 0.15) is 0 Å². The van der Waals surface area contributed by atoms with Crippen molar-refractivity contribution in [3.63, 3.8) is 0 Å². The molecular formula is C4H8N2O5. The summed E-state index contributed by atoms with van der Waals surface area (Å²) in [6, 6.07) is 0. The van der Waals surface area contributed by atoms with Crippen LogP contribution < -0.4 is 11.4 Å². The monoisotopic (exact) mass is 164 g/mol. The van der Waals surface area contributed by atoms with Crippen LogP contribution in [0.3, 0.4) is 0 Å². The highest BCUT2D eigenvalue weighted by molar-refractivity contribution is 6.29. The molecule has 0 aromatic carbocycles. The Balaban J connectivity index is 3.44. The zero-order chi connectivity index (χ0) is 8.69. The number of nitrogens with one attached hydrogen (secondary N) is 1. The van der Waals surface area contributed by atoms with Crippen LogP contribution in [0.4, 0.5) is 0 Å². The summed E-state index contributed by atoms with van der Waals surface area (Å²) in [5, 5.41) is 8.18. The van der Waals surface area contributed by atoms with E-state index in [0.717, 1.165) is 0 Å². The van der Waals surface area contributed by atoms with Crippen LogP contribution in [-0.4, -0.2) is 30.2 Å². The molecule has 4 N–H and O–H groups in total. The highest BCUT2D eigenvalue weighted by atomic mass is 16.7. The van der Waals surface area contributed by atoms with Crippen LogP contribution in [0.2, 0.25) is 0 Å². The second-order valence-corrected chi connectivity index (χ2v) is 1.41. The van der Waals surface area contributed by atoms with Gasteiger partial charge in [-0.05, 0) is 0 Å². The van der Waals surface area contributed by atoms with Crippen LogP contribution in [0.15, 0.2) is 0 Å². The molecule has 11 heavy (non-hydrogen) atoms. The summed E-state index contributed by atoms with van der Waals surface area (Å²) in [6.45, 7) is -0.186. The summed E-state index contributed by atoms with van der Waals surface area (Å²) >= 11 is 0. The van der Waals surface area contributed by atoms with E-state index in [1.807, 2.05) is 5.48 Å². The second-order valence-electron chi connectivity index (χ2n) is 1.41. The lowest BCUT2D eigenvalue weighted by molar-refractivity contribution is -0.172. The molecule has 0 radical (unpaired) electrons. The fraction of sp³-hybridized carbons (Fsp3) is 0.500. The van der Waals surface area contributed by atoms with Crippen LogP contribution in [0, 0.1) is 0 Å². The van der Waals surface area contributed by atoms with Gasteiger partial charge in [-0.3, -0.25) is 0 Å². The molecule has 0 aliphatic rings. The van der Waals surface area contributed by atoms with Gasteiger partial charge < -0.3 is 14.8 Å². The first-order valence-corrected chi connectivity index (χ1v) is 2.68. The number of carbonyl (C=O) groups excluding carboxylic acids is 2. The first-order chi connectivity index (χ1) is 5.22. The van der Waals surface area contributed by atoms with Gasteiger partial charge in [0.25, 0.3) is 0 Å². The van der Waals surface area contributed by atoms with Gasteiger partial charge in [0.1, 0.15) is 0 Å². The maximum Gasteiger partial charge on any atom is 0.437 e. The Labute approximate surface area is 62.0 Å². The number of hydrogen-bond acceptors (Lipinski definition) is 7. The van der Waals surface area contributed by atoms with Gasteiger partial charge in [-0.15, -0.1) is 0 Å². The maximum absolute atomic E-state index is 10.3. The summed E-state index contributed by atoms with van der Waals surface area (Å²) in [5.74, 6) is 1.78. The van der Waals surface area contributed by atoms with Crippen molar-refractivity contribution in [1.82, 2.24) is 5.48 Å². The molecule has 0 fully saturated rings. The Morgan fingerprint density at radius 3 is 2.55 bits per heavy atom. The minimum atomic E-state index is -1.31. The number of hydrogen-bond donors (Lipinski definition) is 3. The molecule has 7 heteroatoms. The molecule has 0 bridgehead atoms. The molecule has 0 saturated carbocycles. The maximum atomic E-state index is 10.3. The second kappa shape index (κ2) is 5.59. The topological polar surface area (TPSA) is 111 Å². The van der Waals surface area contributed by atoms with Gasteiger partial charge in [0.15, 0.2) is 0 Å². The highest BCUT2D eigenvalue weighted by Gasteiger charge is 2.15. The van der Waals surface area contributed by atoms with E-state index in [2.05, 4.69) is 15.6 Å². The van der Waals surface area contributed by atoms with Gasteiger partial charge in [-0.2, -0.15) is 11.4 Å². The third-order valence-electron chi connectivity index (χ3n) is 0.652. The van der Waals surface area contributed by atoms with Crippen molar-refractivity contribution >= 4 is 11.9 Å². The van der Waals surface area contributed by atoms with Crippen molar-refractivity contribution in [3.05, 3.63) is 0 Å². The Morgan fingerprint density at radius 1 is 1.45 bits per heavy atom. The number of carbonyl (C=O) groups is 2. The third-order valence-corrected chi connectivity index (χ3v) is 0.652. The summed E-state index contributed by atoms with van der Waals surface area (Å²) in [5.41, 5.74) is 1.99. The van der Waals surface area contributed by atoms with E-state index in [1.165, 1.54) is 0 Å². The minimum absolute atomic E-state index is 0.0313. The van der Waals surface area contributed by atoms with Gasteiger partial charge in [0.05, 0.1) is 13.2 Å². The van der Waals surface area contributed by atoms with E-state index in [4.69, 9.17) is 5.11 Å².